The average Bonchev–Trinajstić information content (AvgIpc) is 2.46. The van der Waals surface area contributed by atoms with Gasteiger partial charge < -0.3 is 9.64 Å². The van der Waals surface area contributed by atoms with Crippen LogP contribution in [0.1, 0.15) is 5.56 Å². The second-order valence-electron chi connectivity index (χ2n) is 4.80. The number of nitrogens with zero attached hydrogens (tertiary/aromatic N) is 2. The number of rotatable bonds is 5. The first-order valence-corrected chi connectivity index (χ1v) is 6.76. The van der Waals surface area contributed by atoms with Crippen LogP contribution in [0.3, 0.4) is 0 Å². The Hall–Kier alpha value is -1.36. The molecule has 4 heteroatoms. The summed E-state index contributed by atoms with van der Waals surface area (Å²) in [5.74, 6) is 0.915. The zero-order chi connectivity index (χ0) is 13.5. The molecule has 0 bridgehead atoms. The van der Waals surface area contributed by atoms with E-state index in [0.29, 0.717) is 0 Å². The van der Waals surface area contributed by atoms with Crippen molar-refractivity contribution in [2.24, 2.45) is 0 Å². The Kier molecular flexibility index (Phi) is 5.39. The zero-order valence-electron chi connectivity index (χ0n) is 11.8. The van der Waals surface area contributed by atoms with E-state index in [0.717, 1.165) is 44.0 Å². The second-order valence-corrected chi connectivity index (χ2v) is 4.80. The van der Waals surface area contributed by atoms with Crippen LogP contribution in [0.5, 0.6) is 5.75 Å². The first-order chi connectivity index (χ1) is 9.29. The summed E-state index contributed by atoms with van der Waals surface area (Å²) >= 11 is 0. The van der Waals surface area contributed by atoms with Crippen LogP contribution in [0.15, 0.2) is 30.3 Å². The minimum Gasteiger partial charge on any atom is -0.496 e. The summed E-state index contributed by atoms with van der Waals surface area (Å²) in [6.07, 6.45) is 4.23. The Labute approximate surface area is 115 Å². The molecule has 0 spiro atoms. The number of hydrazine groups is 1. The summed E-state index contributed by atoms with van der Waals surface area (Å²) in [6.45, 7) is 5.27. The molecule has 0 atom stereocenters. The Morgan fingerprint density at radius 2 is 1.95 bits per heavy atom. The number of piperazine rings is 1. The number of benzene rings is 1. The summed E-state index contributed by atoms with van der Waals surface area (Å²) in [4.78, 5) is 2.35. The third-order valence-corrected chi connectivity index (χ3v) is 3.37. The molecule has 1 saturated heterocycles. The fourth-order valence-corrected chi connectivity index (χ4v) is 2.14. The largest absolute Gasteiger partial charge is 0.496 e. The van der Waals surface area contributed by atoms with Gasteiger partial charge in [0.1, 0.15) is 5.75 Å². The highest BCUT2D eigenvalue weighted by Gasteiger charge is 2.11. The second kappa shape index (κ2) is 7.28. The van der Waals surface area contributed by atoms with Gasteiger partial charge in [-0.2, -0.15) is 0 Å². The molecule has 0 unspecified atom stereocenters. The highest BCUT2D eigenvalue weighted by Crippen LogP contribution is 2.18. The van der Waals surface area contributed by atoms with Gasteiger partial charge >= 0.3 is 0 Å². The molecule has 4 nitrogen and oxygen atoms in total. The molecule has 0 aliphatic carbocycles. The molecule has 0 saturated carbocycles. The van der Waals surface area contributed by atoms with Crippen LogP contribution in [0.25, 0.3) is 6.08 Å². The van der Waals surface area contributed by atoms with E-state index in [1.54, 1.807) is 7.11 Å². The van der Waals surface area contributed by atoms with Crippen molar-refractivity contribution in [1.29, 1.82) is 0 Å². The van der Waals surface area contributed by atoms with Gasteiger partial charge in [0.05, 0.1) is 7.11 Å². The molecule has 1 aliphatic heterocycles. The van der Waals surface area contributed by atoms with Gasteiger partial charge in [0.15, 0.2) is 0 Å². The molecule has 0 radical (unpaired) electrons. The quantitative estimate of drug-likeness (QED) is 0.868. The summed E-state index contributed by atoms with van der Waals surface area (Å²) in [5, 5.41) is 2.28. The fraction of sp³-hybridized carbons (Fsp3) is 0.467. The van der Waals surface area contributed by atoms with Gasteiger partial charge in [0, 0.05) is 38.3 Å². The van der Waals surface area contributed by atoms with Crippen LogP contribution < -0.4 is 10.2 Å². The first kappa shape index (κ1) is 14.1. The van der Waals surface area contributed by atoms with Crippen LogP contribution in [0, 0.1) is 0 Å². The Bertz CT molecular complexity index is 412. The Morgan fingerprint density at radius 3 is 2.68 bits per heavy atom. The van der Waals surface area contributed by atoms with Crippen LogP contribution in [0.4, 0.5) is 0 Å². The molecule has 1 aliphatic rings. The van der Waals surface area contributed by atoms with Crippen molar-refractivity contribution in [1.82, 2.24) is 15.3 Å². The van der Waals surface area contributed by atoms with Gasteiger partial charge in [-0.05, 0) is 13.1 Å². The first-order valence-electron chi connectivity index (χ1n) is 6.76. The highest BCUT2D eigenvalue weighted by atomic mass is 16.5. The molecule has 19 heavy (non-hydrogen) atoms. The van der Waals surface area contributed by atoms with E-state index in [9.17, 15) is 0 Å². The lowest BCUT2D eigenvalue weighted by atomic mass is 10.2. The normalized spacial score (nSPS) is 18.0. The minimum absolute atomic E-state index is 0.849. The van der Waals surface area contributed by atoms with Gasteiger partial charge in [-0.3, -0.25) is 5.43 Å². The Balaban J connectivity index is 1.77. The van der Waals surface area contributed by atoms with Crippen LogP contribution in [-0.2, 0) is 0 Å². The number of nitrogens with one attached hydrogen (secondary N) is 1. The maximum Gasteiger partial charge on any atom is 0.126 e. The smallest absolute Gasteiger partial charge is 0.126 e. The lowest BCUT2D eigenvalue weighted by Crippen LogP contribution is -2.50. The number of hydrogen-bond acceptors (Lipinski definition) is 4. The standard InChI is InChI=1S/C15H23N3O/c1-17-10-12-18(13-11-17)16-9-5-7-14-6-3-4-8-15(14)19-2/h3-8,16H,9-13H2,1-2H3/b7-5+. The fourth-order valence-electron chi connectivity index (χ4n) is 2.14. The van der Waals surface area contributed by atoms with Gasteiger partial charge in [-0.15, -0.1) is 0 Å². The number of ether oxygens (including phenoxy) is 1. The monoisotopic (exact) mass is 261 g/mol. The summed E-state index contributed by atoms with van der Waals surface area (Å²) in [6, 6.07) is 8.05. The Morgan fingerprint density at radius 1 is 1.21 bits per heavy atom. The van der Waals surface area contributed by atoms with Gasteiger partial charge in [-0.1, -0.05) is 30.4 Å². The molecule has 104 valence electrons. The zero-order valence-corrected chi connectivity index (χ0v) is 11.8. The third kappa shape index (κ3) is 4.35. The maximum absolute atomic E-state index is 5.32. The van der Waals surface area contributed by atoms with Crippen molar-refractivity contribution in [3.8, 4) is 5.75 Å². The molecule has 2 rings (SSSR count). The molecule has 1 aromatic rings. The van der Waals surface area contributed by atoms with E-state index in [4.69, 9.17) is 4.74 Å². The maximum atomic E-state index is 5.32. The van der Waals surface area contributed by atoms with Crippen molar-refractivity contribution < 1.29 is 4.74 Å². The number of methoxy groups -OCH3 is 1. The number of para-hydroxylation sites is 1. The van der Waals surface area contributed by atoms with Gasteiger partial charge in [0.25, 0.3) is 0 Å². The van der Waals surface area contributed by atoms with Crippen molar-refractivity contribution in [2.45, 2.75) is 0 Å². The van der Waals surface area contributed by atoms with Crippen molar-refractivity contribution in [3.63, 3.8) is 0 Å². The topological polar surface area (TPSA) is 27.7 Å². The predicted molar refractivity (Wildman–Crippen MR) is 79.1 cm³/mol. The van der Waals surface area contributed by atoms with E-state index in [1.165, 1.54) is 0 Å². The molecule has 0 aromatic heterocycles. The molecular formula is C15H23N3O. The van der Waals surface area contributed by atoms with Crippen LogP contribution in [0.2, 0.25) is 0 Å². The van der Waals surface area contributed by atoms with E-state index >= 15 is 0 Å². The van der Waals surface area contributed by atoms with E-state index in [1.807, 2.05) is 18.2 Å². The lowest BCUT2D eigenvalue weighted by Gasteiger charge is -2.32. The SMILES string of the molecule is COc1ccccc1/C=C/CNN1CCN(C)CC1. The predicted octanol–water partition coefficient (Wildman–Crippen LogP) is 1.46. The highest BCUT2D eigenvalue weighted by molar-refractivity contribution is 5.57. The number of hydrogen-bond donors (Lipinski definition) is 1. The lowest BCUT2D eigenvalue weighted by molar-refractivity contribution is 0.110. The van der Waals surface area contributed by atoms with Crippen molar-refractivity contribution in [2.75, 3.05) is 46.9 Å². The number of likely N-dealkylation sites (N-methyl/N-ethyl adjacent to an activating group) is 1. The minimum atomic E-state index is 0.849. The molecule has 0 amide bonds. The third-order valence-electron chi connectivity index (χ3n) is 3.37. The molecule has 1 N–H and O–H groups in total. The molecule has 1 fully saturated rings. The van der Waals surface area contributed by atoms with E-state index in [-0.39, 0.29) is 0 Å². The summed E-state index contributed by atoms with van der Waals surface area (Å²) < 4.78 is 5.32. The molecule has 1 aromatic carbocycles. The van der Waals surface area contributed by atoms with Crippen molar-refractivity contribution in [3.05, 3.63) is 35.9 Å². The van der Waals surface area contributed by atoms with E-state index in [2.05, 4.69) is 40.6 Å². The van der Waals surface area contributed by atoms with E-state index < -0.39 is 0 Å². The van der Waals surface area contributed by atoms with Crippen LogP contribution >= 0.6 is 0 Å². The summed E-state index contributed by atoms with van der Waals surface area (Å²) in [7, 11) is 3.87. The van der Waals surface area contributed by atoms with Crippen molar-refractivity contribution >= 4 is 6.08 Å². The van der Waals surface area contributed by atoms with Gasteiger partial charge in [0.2, 0.25) is 0 Å². The van der Waals surface area contributed by atoms with Gasteiger partial charge in [-0.25, -0.2) is 5.01 Å². The van der Waals surface area contributed by atoms with Crippen LogP contribution in [-0.4, -0.2) is 56.8 Å². The summed E-state index contributed by atoms with van der Waals surface area (Å²) in [5.41, 5.74) is 4.54. The average molecular weight is 261 g/mol. The molecular weight excluding hydrogens is 238 g/mol. The molecule has 1 heterocycles.